The number of aliphatic carboxylic acids is 1. The zero-order valence-electron chi connectivity index (χ0n) is 7.54. The molecule has 0 fully saturated rings. The lowest BCUT2D eigenvalue weighted by Crippen LogP contribution is -1.89. The topological polar surface area (TPSA) is 90.5 Å². The number of nitrogens with zero attached hydrogens (tertiary/aromatic N) is 1. The Kier molecular flexibility index (Phi) is 3.30. The van der Waals surface area contributed by atoms with Gasteiger partial charge in [-0.3, -0.25) is 0 Å². The van der Waals surface area contributed by atoms with Gasteiger partial charge in [0.15, 0.2) is 5.75 Å². The lowest BCUT2D eigenvalue weighted by atomic mass is 10.2. The molecular formula is C10H7NO4. The number of hydrogen-bond acceptors (Lipinski definition) is 4. The zero-order valence-corrected chi connectivity index (χ0v) is 7.54. The number of phenolic OH excluding ortho intramolecular Hbond substituents is 1. The van der Waals surface area contributed by atoms with Gasteiger partial charge in [0.1, 0.15) is 5.75 Å². The molecule has 0 spiro atoms. The Hall–Kier alpha value is -2.48. The summed E-state index contributed by atoms with van der Waals surface area (Å²) in [5.41, 5.74) is 0.400. The molecule has 15 heavy (non-hydrogen) atoms. The molecule has 0 heterocycles. The Morgan fingerprint density at radius 3 is 2.87 bits per heavy atom. The second kappa shape index (κ2) is 4.67. The summed E-state index contributed by atoms with van der Waals surface area (Å²) < 4.78 is 4.55. The van der Waals surface area contributed by atoms with Gasteiger partial charge < -0.3 is 14.9 Å². The van der Waals surface area contributed by atoms with E-state index in [9.17, 15) is 4.79 Å². The van der Waals surface area contributed by atoms with Gasteiger partial charge in [0.05, 0.1) is 0 Å². The van der Waals surface area contributed by atoms with Gasteiger partial charge in [0.2, 0.25) is 0 Å². The van der Waals surface area contributed by atoms with Gasteiger partial charge in [-0.2, -0.15) is 0 Å². The largest absolute Gasteiger partial charge is 0.508 e. The fourth-order valence-corrected chi connectivity index (χ4v) is 0.959. The molecule has 1 aromatic rings. The van der Waals surface area contributed by atoms with Crippen molar-refractivity contribution in [1.29, 1.82) is 5.26 Å². The number of carboxylic acids is 1. The van der Waals surface area contributed by atoms with Crippen LogP contribution in [0.15, 0.2) is 24.3 Å². The summed E-state index contributed by atoms with van der Waals surface area (Å²) in [5, 5.41) is 25.8. The number of benzene rings is 1. The molecule has 0 radical (unpaired) electrons. The second-order valence-corrected chi connectivity index (χ2v) is 2.59. The quantitative estimate of drug-likeness (QED) is 0.574. The molecule has 0 atom stereocenters. The third-order valence-corrected chi connectivity index (χ3v) is 1.56. The van der Waals surface area contributed by atoms with Crippen LogP contribution in [0.2, 0.25) is 0 Å². The first-order valence-corrected chi connectivity index (χ1v) is 3.93. The van der Waals surface area contributed by atoms with Crippen molar-refractivity contribution in [1.82, 2.24) is 0 Å². The van der Waals surface area contributed by atoms with Crippen molar-refractivity contribution in [3.05, 3.63) is 29.8 Å². The minimum Gasteiger partial charge on any atom is -0.508 e. The molecule has 0 unspecified atom stereocenters. The summed E-state index contributed by atoms with van der Waals surface area (Å²) in [7, 11) is 0. The number of aromatic hydroxyl groups is 1. The monoisotopic (exact) mass is 205 g/mol. The van der Waals surface area contributed by atoms with Gasteiger partial charge in [0, 0.05) is 17.7 Å². The van der Waals surface area contributed by atoms with Crippen LogP contribution in [0.3, 0.4) is 0 Å². The maximum Gasteiger partial charge on any atom is 0.328 e. The van der Waals surface area contributed by atoms with E-state index in [0.717, 1.165) is 6.08 Å². The van der Waals surface area contributed by atoms with E-state index in [4.69, 9.17) is 15.5 Å². The normalized spacial score (nSPS) is 9.80. The lowest BCUT2D eigenvalue weighted by Gasteiger charge is -2.01. The van der Waals surface area contributed by atoms with E-state index >= 15 is 0 Å². The molecular weight excluding hydrogens is 198 g/mol. The molecule has 5 heteroatoms. The highest BCUT2D eigenvalue weighted by Gasteiger charge is 2.02. The molecule has 76 valence electrons. The zero-order chi connectivity index (χ0) is 11.3. The summed E-state index contributed by atoms with van der Waals surface area (Å²) in [6.07, 6.45) is 3.63. The van der Waals surface area contributed by atoms with Crippen LogP contribution in [0.1, 0.15) is 5.56 Å². The fraction of sp³-hybridized carbons (Fsp3) is 0. The summed E-state index contributed by atoms with van der Waals surface area (Å²) in [5.74, 6) is -1.06. The van der Waals surface area contributed by atoms with E-state index in [0.29, 0.717) is 5.56 Å². The first-order valence-electron chi connectivity index (χ1n) is 3.93. The van der Waals surface area contributed by atoms with Crippen molar-refractivity contribution in [3.63, 3.8) is 0 Å². The van der Waals surface area contributed by atoms with Crippen LogP contribution in [0.4, 0.5) is 0 Å². The van der Waals surface area contributed by atoms with Crippen molar-refractivity contribution < 1.29 is 19.7 Å². The highest BCUT2D eigenvalue weighted by atomic mass is 16.5. The average Bonchev–Trinajstić information content (AvgIpc) is 2.17. The van der Waals surface area contributed by atoms with Crippen LogP contribution >= 0.6 is 0 Å². The molecule has 0 aliphatic rings. The third kappa shape index (κ3) is 3.04. The molecule has 2 N–H and O–H groups in total. The van der Waals surface area contributed by atoms with Crippen molar-refractivity contribution in [2.24, 2.45) is 0 Å². The van der Waals surface area contributed by atoms with Crippen LogP contribution < -0.4 is 4.74 Å². The van der Waals surface area contributed by atoms with Crippen LogP contribution in [0, 0.1) is 11.5 Å². The predicted octanol–water partition coefficient (Wildman–Crippen LogP) is 1.35. The Morgan fingerprint density at radius 1 is 1.53 bits per heavy atom. The Morgan fingerprint density at radius 2 is 2.27 bits per heavy atom. The SMILES string of the molecule is N#COc1cc(O)ccc1C=CC(=O)O. The molecule has 0 saturated heterocycles. The second-order valence-electron chi connectivity index (χ2n) is 2.59. The van der Waals surface area contributed by atoms with Crippen molar-refractivity contribution in [2.45, 2.75) is 0 Å². The number of nitriles is 1. The van der Waals surface area contributed by atoms with Gasteiger partial charge in [-0.15, -0.1) is 5.26 Å². The average molecular weight is 205 g/mol. The number of carbonyl (C=O) groups is 1. The number of ether oxygens (including phenoxy) is 1. The Balaban J connectivity index is 3.06. The van der Waals surface area contributed by atoms with Crippen LogP contribution in [-0.2, 0) is 4.79 Å². The van der Waals surface area contributed by atoms with Gasteiger partial charge in [-0.05, 0) is 18.2 Å². The lowest BCUT2D eigenvalue weighted by molar-refractivity contribution is -0.131. The van der Waals surface area contributed by atoms with Gasteiger partial charge in [0.25, 0.3) is 6.26 Å². The van der Waals surface area contributed by atoms with E-state index < -0.39 is 5.97 Å². The summed E-state index contributed by atoms with van der Waals surface area (Å²) in [4.78, 5) is 10.3. The predicted molar refractivity (Wildman–Crippen MR) is 51.0 cm³/mol. The van der Waals surface area contributed by atoms with Crippen molar-refractivity contribution in [2.75, 3.05) is 0 Å². The molecule has 0 saturated carbocycles. The van der Waals surface area contributed by atoms with Crippen LogP contribution in [-0.4, -0.2) is 16.2 Å². The number of phenols is 1. The van der Waals surface area contributed by atoms with Gasteiger partial charge >= 0.3 is 5.97 Å². The first kappa shape index (κ1) is 10.6. The highest BCUT2D eigenvalue weighted by Crippen LogP contribution is 2.24. The molecule has 0 aliphatic carbocycles. The molecule has 5 nitrogen and oxygen atoms in total. The van der Waals surface area contributed by atoms with Crippen LogP contribution in [0.5, 0.6) is 11.5 Å². The first-order chi connectivity index (χ1) is 7.13. The van der Waals surface area contributed by atoms with Gasteiger partial charge in [-0.25, -0.2) is 4.79 Å². The molecule has 1 aromatic carbocycles. The van der Waals surface area contributed by atoms with E-state index in [1.807, 2.05) is 0 Å². The minimum atomic E-state index is -1.11. The molecule has 0 bridgehead atoms. The molecule has 0 aromatic heterocycles. The number of rotatable bonds is 3. The maximum atomic E-state index is 10.3. The Labute approximate surface area is 85.5 Å². The fourth-order valence-electron chi connectivity index (χ4n) is 0.959. The van der Waals surface area contributed by atoms with Crippen molar-refractivity contribution >= 4 is 12.0 Å². The van der Waals surface area contributed by atoms with E-state index in [1.165, 1.54) is 30.5 Å². The Bertz CT molecular complexity index is 445. The van der Waals surface area contributed by atoms with Crippen molar-refractivity contribution in [3.8, 4) is 17.8 Å². The molecule has 1 rings (SSSR count). The number of hydrogen-bond donors (Lipinski definition) is 2. The standard InChI is InChI=1S/C10H7NO4/c11-6-15-9-5-8(12)3-1-7(9)2-4-10(13)14/h1-5,12H,(H,13,14). The summed E-state index contributed by atoms with van der Waals surface area (Å²) in [6.45, 7) is 0. The molecule has 0 amide bonds. The summed E-state index contributed by atoms with van der Waals surface area (Å²) >= 11 is 0. The van der Waals surface area contributed by atoms with E-state index in [1.54, 1.807) is 0 Å². The highest BCUT2D eigenvalue weighted by molar-refractivity contribution is 5.86. The number of carboxylic acid groups (broad SMARTS) is 1. The maximum absolute atomic E-state index is 10.3. The smallest absolute Gasteiger partial charge is 0.328 e. The van der Waals surface area contributed by atoms with Crippen LogP contribution in [0.25, 0.3) is 6.08 Å². The third-order valence-electron chi connectivity index (χ3n) is 1.56. The van der Waals surface area contributed by atoms with E-state index in [-0.39, 0.29) is 11.5 Å². The van der Waals surface area contributed by atoms with E-state index in [2.05, 4.69) is 4.74 Å². The molecule has 0 aliphatic heterocycles. The van der Waals surface area contributed by atoms with Gasteiger partial charge in [-0.1, -0.05) is 0 Å². The minimum absolute atomic E-state index is 0.0623. The summed E-state index contributed by atoms with van der Waals surface area (Å²) in [6, 6.07) is 4.04.